The second-order valence-electron chi connectivity index (χ2n) is 5.62. The molecule has 0 fully saturated rings. The molecule has 0 amide bonds. The van der Waals surface area contributed by atoms with Gasteiger partial charge in [0.1, 0.15) is 10.9 Å². The van der Waals surface area contributed by atoms with Gasteiger partial charge in [0.25, 0.3) is 0 Å². The fraction of sp³-hybridized carbons (Fsp3) is 0.158. The van der Waals surface area contributed by atoms with Crippen molar-refractivity contribution >= 4 is 17.3 Å². The molecule has 0 bridgehead atoms. The topological polar surface area (TPSA) is 47.0 Å². The number of benzene rings is 2. The Hall–Kier alpha value is -2.59. The number of fused-ring (bicyclic) bond motifs is 3. The van der Waals surface area contributed by atoms with Crippen molar-refractivity contribution in [3.8, 4) is 28.4 Å². The lowest BCUT2D eigenvalue weighted by molar-refractivity contribution is 0.415. The van der Waals surface area contributed by atoms with Crippen LogP contribution in [0, 0.1) is 0 Å². The van der Waals surface area contributed by atoms with E-state index in [9.17, 15) is 0 Å². The second kappa shape index (κ2) is 6.13. The highest BCUT2D eigenvalue weighted by atomic mass is 35.5. The first-order valence-corrected chi connectivity index (χ1v) is 8.18. The van der Waals surface area contributed by atoms with Gasteiger partial charge in [-0.1, -0.05) is 29.8 Å². The fourth-order valence-electron chi connectivity index (χ4n) is 2.94. The number of para-hydroxylation sites is 1. The first kappa shape index (κ1) is 15.0. The molecule has 0 saturated carbocycles. The molecule has 0 saturated heterocycles. The maximum atomic E-state index is 6.49. The summed E-state index contributed by atoms with van der Waals surface area (Å²) in [6.45, 7) is 0.814. The van der Waals surface area contributed by atoms with E-state index in [0.717, 1.165) is 46.8 Å². The maximum Gasteiger partial charge on any atom is 0.161 e. The highest BCUT2D eigenvalue weighted by Crippen LogP contribution is 2.36. The van der Waals surface area contributed by atoms with Crippen molar-refractivity contribution in [2.75, 3.05) is 19.0 Å². The standard InChI is InChI=1S/C19H16ClN3O/c1-24-13-8-6-12(7-9-13)19-22-17-14-4-2-3-5-16(14)21-11-10-15(17)18(20)23-19/h2-9,21H,10-11H2,1H3. The van der Waals surface area contributed by atoms with Gasteiger partial charge in [0.15, 0.2) is 5.82 Å². The van der Waals surface area contributed by atoms with Crippen LogP contribution in [-0.2, 0) is 6.42 Å². The summed E-state index contributed by atoms with van der Waals surface area (Å²) in [6.07, 6.45) is 0.797. The molecule has 0 radical (unpaired) electrons. The van der Waals surface area contributed by atoms with Crippen LogP contribution >= 0.6 is 11.6 Å². The van der Waals surface area contributed by atoms with Gasteiger partial charge in [-0.15, -0.1) is 0 Å². The van der Waals surface area contributed by atoms with Gasteiger partial charge in [-0.3, -0.25) is 0 Å². The Bertz CT molecular complexity index is 894. The van der Waals surface area contributed by atoms with E-state index in [4.69, 9.17) is 21.3 Å². The highest BCUT2D eigenvalue weighted by Gasteiger charge is 2.20. The van der Waals surface area contributed by atoms with Crippen LogP contribution in [0.15, 0.2) is 48.5 Å². The van der Waals surface area contributed by atoms with E-state index in [1.165, 1.54) is 0 Å². The largest absolute Gasteiger partial charge is 0.497 e. The van der Waals surface area contributed by atoms with Gasteiger partial charge in [-0.2, -0.15) is 0 Å². The smallest absolute Gasteiger partial charge is 0.161 e. The molecule has 1 N–H and O–H groups in total. The summed E-state index contributed by atoms with van der Waals surface area (Å²) in [4.78, 5) is 9.34. The first-order chi connectivity index (χ1) is 11.8. The number of methoxy groups -OCH3 is 1. The van der Waals surface area contributed by atoms with E-state index in [2.05, 4.69) is 22.4 Å². The van der Waals surface area contributed by atoms with Crippen molar-refractivity contribution < 1.29 is 4.74 Å². The summed E-state index contributed by atoms with van der Waals surface area (Å²) in [6, 6.07) is 15.8. The van der Waals surface area contributed by atoms with Gasteiger partial charge in [0.2, 0.25) is 0 Å². The number of rotatable bonds is 2. The van der Waals surface area contributed by atoms with Gasteiger partial charge < -0.3 is 10.1 Å². The van der Waals surface area contributed by atoms with Crippen LogP contribution in [0.4, 0.5) is 5.69 Å². The van der Waals surface area contributed by atoms with Gasteiger partial charge in [0, 0.05) is 28.9 Å². The van der Waals surface area contributed by atoms with Crippen LogP contribution in [0.2, 0.25) is 5.15 Å². The molecule has 3 aromatic rings. The summed E-state index contributed by atoms with van der Waals surface area (Å²) in [5.74, 6) is 1.42. The molecule has 0 aliphatic carbocycles. The summed E-state index contributed by atoms with van der Waals surface area (Å²) in [5.41, 5.74) is 4.94. The van der Waals surface area contributed by atoms with E-state index in [-0.39, 0.29) is 0 Å². The Morgan fingerprint density at radius 1 is 1.04 bits per heavy atom. The van der Waals surface area contributed by atoms with Gasteiger partial charge in [-0.25, -0.2) is 9.97 Å². The number of hydrogen-bond acceptors (Lipinski definition) is 4. The molecule has 4 nitrogen and oxygen atoms in total. The number of halogens is 1. The third-order valence-electron chi connectivity index (χ3n) is 4.18. The van der Waals surface area contributed by atoms with Crippen molar-refractivity contribution in [3.05, 3.63) is 59.2 Å². The monoisotopic (exact) mass is 337 g/mol. The lowest BCUT2D eigenvalue weighted by Gasteiger charge is -2.11. The summed E-state index contributed by atoms with van der Waals surface area (Å²) in [7, 11) is 1.65. The van der Waals surface area contributed by atoms with Crippen molar-refractivity contribution in [1.82, 2.24) is 9.97 Å². The Balaban J connectivity index is 1.89. The SMILES string of the molecule is COc1ccc(-c2nc(Cl)c3c(n2)-c2ccccc2NCC3)cc1. The van der Waals surface area contributed by atoms with Crippen molar-refractivity contribution in [2.24, 2.45) is 0 Å². The number of ether oxygens (including phenoxy) is 1. The predicted octanol–water partition coefficient (Wildman–Crippen LogP) is 4.44. The zero-order chi connectivity index (χ0) is 16.5. The molecule has 2 aromatic carbocycles. The van der Waals surface area contributed by atoms with E-state index >= 15 is 0 Å². The lowest BCUT2D eigenvalue weighted by Crippen LogP contribution is -2.03. The quantitative estimate of drug-likeness (QED) is 0.702. The zero-order valence-corrected chi connectivity index (χ0v) is 14.0. The van der Waals surface area contributed by atoms with E-state index in [1.54, 1.807) is 7.11 Å². The summed E-state index contributed by atoms with van der Waals surface area (Å²) >= 11 is 6.49. The number of hydrogen-bond donors (Lipinski definition) is 1. The molecule has 0 atom stereocenters. The Morgan fingerprint density at radius 3 is 2.62 bits per heavy atom. The molecule has 4 rings (SSSR count). The van der Waals surface area contributed by atoms with Gasteiger partial charge >= 0.3 is 0 Å². The minimum Gasteiger partial charge on any atom is -0.497 e. The maximum absolute atomic E-state index is 6.49. The third kappa shape index (κ3) is 2.59. The van der Waals surface area contributed by atoms with Crippen LogP contribution < -0.4 is 10.1 Å². The lowest BCUT2D eigenvalue weighted by atomic mass is 10.0. The van der Waals surface area contributed by atoms with Gasteiger partial charge in [0.05, 0.1) is 12.8 Å². The molecule has 24 heavy (non-hydrogen) atoms. The number of nitrogens with one attached hydrogen (secondary N) is 1. The second-order valence-corrected chi connectivity index (χ2v) is 5.97. The van der Waals surface area contributed by atoms with Crippen LogP contribution in [0.25, 0.3) is 22.6 Å². The fourth-order valence-corrected chi connectivity index (χ4v) is 3.20. The minimum atomic E-state index is 0.518. The molecule has 1 aliphatic rings. The average Bonchev–Trinajstić information content (AvgIpc) is 2.82. The third-order valence-corrected chi connectivity index (χ3v) is 4.49. The van der Waals surface area contributed by atoms with Crippen LogP contribution in [0.1, 0.15) is 5.56 Å². The van der Waals surface area contributed by atoms with E-state index in [0.29, 0.717) is 11.0 Å². The Kier molecular flexibility index (Phi) is 3.82. The summed E-state index contributed by atoms with van der Waals surface area (Å²) in [5, 5.41) is 3.95. The first-order valence-electron chi connectivity index (χ1n) is 7.80. The number of nitrogens with zero attached hydrogens (tertiary/aromatic N) is 2. The molecular formula is C19H16ClN3O. The van der Waals surface area contributed by atoms with E-state index in [1.807, 2.05) is 36.4 Å². The zero-order valence-electron chi connectivity index (χ0n) is 13.2. The summed E-state index contributed by atoms with van der Waals surface area (Å²) < 4.78 is 5.21. The molecule has 2 heterocycles. The highest BCUT2D eigenvalue weighted by molar-refractivity contribution is 6.30. The predicted molar refractivity (Wildman–Crippen MR) is 96.7 cm³/mol. The normalized spacial score (nSPS) is 12.6. The van der Waals surface area contributed by atoms with Gasteiger partial charge in [-0.05, 0) is 36.8 Å². The number of anilines is 1. The molecule has 120 valence electrons. The van der Waals surface area contributed by atoms with Crippen molar-refractivity contribution in [1.29, 1.82) is 0 Å². The van der Waals surface area contributed by atoms with Crippen molar-refractivity contribution in [3.63, 3.8) is 0 Å². The molecule has 0 spiro atoms. The van der Waals surface area contributed by atoms with E-state index < -0.39 is 0 Å². The molecule has 1 aliphatic heterocycles. The molecule has 0 unspecified atom stereocenters. The van der Waals surface area contributed by atoms with Crippen molar-refractivity contribution in [2.45, 2.75) is 6.42 Å². The van der Waals surface area contributed by atoms with Crippen LogP contribution in [-0.4, -0.2) is 23.6 Å². The van der Waals surface area contributed by atoms with Crippen LogP contribution in [0.3, 0.4) is 0 Å². The molecular weight excluding hydrogens is 322 g/mol. The Morgan fingerprint density at radius 2 is 1.83 bits per heavy atom. The Labute approximate surface area is 145 Å². The molecule has 5 heteroatoms. The average molecular weight is 338 g/mol. The van der Waals surface area contributed by atoms with Crippen LogP contribution in [0.5, 0.6) is 5.75 Å². The molecule has 1 aromatic heterocycles. The minimum absolute atomic E-state index is 0.518. The number of aromatic nitrogens is 2.